The predicted molar refractivity (Wildman–Crippen MR) is 139 cm³/mol. The summed E-state index contributed by atoms with van der Waals surface area (Å²) in [6.45, 7) is 5.25. The molecule has 0 fully saturated rings. The highest BCUT2D eigenvalue weighted by Crippen LogP contribution is 2.24. The first-order chi connectivity index (χ1) is 16.6. The zero-order valence-corrected chi connectivity index (χ0v) is 21.6. The van der Waals surface area contributed by atoms with Crippen LogP contribution in [0.1, 0.15) is 38.3 Å². The van der Waals surface area contributed by atoms with Crippen LogP contribution >= 0.6 is 11.8 Å². The van der Waals surface area contributed by atoms with Crippen LogP contribution in [0.5, 0.6) is 0 Å². The third-order valence-electron chi connectivity index (χ3n) is 5.50. The summed E-state index contributed by atoms with van der Waals surface area (Å²) in [6.07, 6.45) is 0.728. The Morgan fingerprint density at radius 3 is 1.86 bits per heavy atom. The fraction of sp³-hybridized carbons (Fsp3) is 0.407. The smallest absolute Gasteiger partial charge is 0.246 e. The maximum atomic E-state index is 14.0. The molecule has 0 aromatic heterocycles. The van der Waals surface area contributed by atoms with E-state index in [1.165, 1.54) is 14.0 Å². The summed E-state index contributed by atoms with van der Waals surface area (Å²) in [5.74, 6) is -1.57. The van der Waals surface area contributed by atoms with Crippen LogP contribution in [0.25, 0.3) is 0 Å². The van der Waals surface area contributed by atoms with E-state index in [1.54, 1.807) is 0 Å². The first kappa shape index (κ1) is 28.3. The number of hydrogen-bond acceptors (Lipinski definition) is 6. The van der Waals surface area contributed by atoms with Crippen LogP contribution in [0.2, 0.25) is 0 Å². The number of likely N-dealkylation sites (N-methyl/N-ethyl adjacent to an activating group) is 1. The molecule has 3 atom stereocenters. The minimum Gasteiger partial charge on any atom is -0.357 e. The average molecular weight is 498 g/mol. The molecule has 0 saturated carbocycles. The summed E-state index contributed by atoms with van der Waals surface area (Å²) in [4.78, 5) is 53.7. The van der Waals surface area contributed by atoms with Crippen LogP contribution in [-0.4, -0.2) is 52.1 Å². The molecule has 0 spiro atoms. The number of nitrogens with one attached hydrogen (secondary N) is 1. The molecule has 188 valence electrons. The molecule has 0 aliphatic rings. The first-order valence-electron chi connectivity index (χ1n) is 11.7. The Morgan fingerprint density at radius 1 is 0.886 bits per heavy atom. The average Bonchev–Trinajstić information content (AvgIpc) is 2.83. The van der Waals surface area contributed by atoms with Crippen LogP contribution in [-0.2, 0) is 32.0 Å². The molecule has 0 heterocycles. The van der Waals surface area contributed by atoms with Gasteiger partial charge in [0.25, 0.3) is 0 Å². The van der Waals surface area contributed by atoms with Crippen LogP contribution in [0, 0.1) is 5.92 Å². The van der Waals surface area contributed by atoms with Gasteiger partial charge in [-0.05, 0) is 29.9 Å². The van der Waals surface area contributed by atoms with Crippen molar-refractivity contribution in [3.63, 3.8) is 0 Å². The van der Waals surface area contributed by atoms with E-state index < -0.39 is 35.1 Å². The van der Waals surface area contributed by atoms with Gasteiger partial charge < -0.3 is 11.1 Å². The van der Waals surface area contributed by atoms with Gasteiger partial charge in [-0.15, -0.1) is 0 Å². The van der Waals surface area contributed by atoms with Crippen molar-refractivity contribution in [1.82, 2.24) is 10.2 Å². The van der Waals surface area contributed by atoms with Crippen molar-refractivity contribution < 1.29 is 19.2 Å². The minimum atomic E-state index is -1.11. The van der Waals surface area contributed by atoms with Gasteiger partial charge in [0.1, 0.15) is 6.04 Å². The highest BCUT2D eigenvalue weighted by Gasteiger charge is 2.40. The third-order valence-corrected chi connectivity index (χ3v) is 6.48. The number of nitrogens with zero attached hydrogens (tertiary/aromatic N) is 1. The highest BCUT2D eigenvalue weighted by atomic mass is 32.2. The maximum Gasteiger partial charge on any atom is 0.246 e. The van der Waals surface area contributed by atoms with Crippen molar-refractivity contribution in [3.05, 3.63) is 71.8 Å². The molecule has 2 rings (SSSR count). The van der Waals surface area contributed by atoms with E-state index in [0.717, 1.165) is 27.8 Å². The monoisotopic (exact) mass is 497 g/mol. The standard InChI is InChI=1S/C27H35N3O4S/c1-18(2)15-22(28)26(33)30(23(25(32)29-4)16-20-11-7-5-8-12-20)27(34)24(35-19(3)31)17-21-13-9-6-10-14-21/h5-14,18,22-24H,15-17,28H2,1-4H3,(H,29,32)/t22-,23-,24?/m0/s1. The molecule has 3 N–H and O–H groups in total. The van der Waals surface area contributed by atoms with Crippen molar-refractivity contribution >= 4 is 34.6 Å². The molecule has 2 aromatic rings. The molecule has 35 heavy (non-hydrogen) atoms. The van der Waals surface area contributed by atoms with E-state index in [2.05, 4.69) is 5.32 Å². The van der Waals surface area contributed by atoms with E-state index in [0.29, 0.717) is 6.42 Å². The van der Waals surface area contributed by atoms with Gasteiger partial charge in [0.15, 0.2) is 5.12 Å². The van der Waals surface area contributed by atoms with Crippen molar-refractivity contribution in [3.8, 4) is 0 Å². The largest absolute Gasteiger partial charge is 0.357 e. The number of nitrogens with two attached hydrogens (primary N) is 1. The Labute approximate surface area is 211 Å². The number of carbonyl (C=O) groups excluding carboxylic acids is 4. The molecule has 0 bridgehead atoms. The zero-order chi connectivity index (χ0) is 26.0. The molecule has 7 nitrogen and oxygen atoms in total. The summed E-state index contributed by atoms with van der Waals surface area (Å²) in [5, 5.41) is 1.45. The number of amides is 3. The Hall–Kier alpha value is -2.97. The number of carbonyl (C=O) groups is 4. The minimum absolute atomic E-state index is 0.116. The second-order valence-electron chi connectivity index (χ2n) is 8.89. The fourth-order valence-electron chi connectivity index (χ4n) is 3.87. The molecule has 3 amide bonds. The van der Waals surface area contributed by atoms with E-state index in [1.807, 2.05) is 74.5 Å². The number of rotatable bonds is 11. The maximum absolute atomic E-state index is 14.0. The van der Waals surface area contributed by atoms with Gasteiger partial charge in [-0.25, -0.2) is 0 Å². The highest BCUT2D eigenvalue weighted by molar-refractivity contribution is 8.14. The summed E-state index contributed by atoms with van der Waals surface area (Å²) >= 11 is 0.862. The molecule has 2 aromatic carbocycles. The zero-order valence-electron chi connectivity index (χ0n) is 20.8. The molecule has 1 unspecified atom stereocenters. The Bertz CT molecular complexity index is 998. The summed E-state index contributed by atoms with van der Waals surface area (Å²) in [5.41, 5.74) is 7.87. The number of hydrogen-bond donors (Lipinski definition) is 2. The van der Waals surface area contributed by atoms with Crippen LogP contribution in [0.4, 0.5) is 0 Å². The van der Waals surface area contributed by atoms with Gasteiger partial charge in [-0.1, -0.05) is 86.3 Å². The number of thioether (sulfide) groups is 1. The van der Waals surface area contributed by atoms with Gasteiger partial charge in [0.2, 0.25) is 17.7 Å². The Balaban J connectivity index is 2.53. The van der Waals surface area contributed by atoms with Gasteiger partial charge >= 0.3 is 0 Å². The van der Waals surface area contributed by atoms with Crippen molar-refractivity contribution in [1.29, 1.82) is 0 Å². The summed E-state index contributed by atoms with van der Waals surface area (Å²) in [6, 6.07) is 16.4. The first-order valence-corrected chi connectivity index (χ1v) is 12.6. The quantitative estimate of drug-likeness (QED) is 0.494. The molecule has 0 radical (unpaired) electrons. The van der Waals surface area contributed by atoms with Gasteiger partial charge in [-0.3, -0.25) is 24.1 Å². The van der Waals surface area contributed by atoms with E-state index in [9.17, 15) is 19.2 Å². The molecule has 0 aliphatic heterocycles. The Kier molecular flexibility index (Phi) is 11.1. The van der Waals surface area contributed by atoms with Crippen LogP contribution in [0.3, 0.4) is 0 Å². The van der Waals surface area contributed by atoms with Crippen LogP contribution in [0.15, 0.2) is 60.7 Å². The molecule has 0 saturated heterocycles. The van der Waals surface area contributed by atoms with E-state index in [4.69, 9.17) is 5.73 Å². The van der Waals surface area contributed by atoms with E-state index in [-0.39, 0.29) is 23.9 Å². The molecule has 0 aliphatic carbocycles. The van der Waals surface area contributed by atoms with Gasteiger partial charge in [-0.2, -0.15) is 0 Å². The second-order valence-corrected chi connectivity index (χ2v) is 10.3. The lowest BCUT2D eigenvalue weighted by molar-refractivity contribution is -0.152. The predicted octanol–water partition coefficient (Wildman–Crippen LogP) is 2.96. The second kappa shape index (κ2) is 13.8. The lowest BCUT2D eigenvalue weighted by Crippen LogP contribution is -2.59. The number of benzene rings is 2. The summed E-state index contributed by atoms with van der Waals surface area (Å²) < 4.78 is 0. The number of imide groups is 1. The molecule has 8 heteroatoms. The third kappa shape index (κ3) is 8.64. The van der Waals surface area contributed by atoms with Crippen molar-refractivity contribution in [2.24, 2.45) is 11.7 Å². The van der Waals surface area contributed by atoms with E-state index >= 15 is 0 Å². The normalized spacial score (nSPS) is 13.5. The SMILES string of the molecule is CNC(=O)[C@H](Cc1ccccc1)N(C(=O)C(Cc1ccccc1)SC(C)=O)C(=O)[C@@H](N)CC(C)C. The molecular weight excluding hydrogens is 462 g/mol. The summed E-state index contributed by atoms with van der Waals surface area (Å²) in [7, 11) is 1.47. The fourth-order valence-corrected chi connectivity index (χ4v) is 4.76. The Morgan fingerprint density at radius 2 is 1.40 bits per heavy atom. The van der Waals surface area contributed by atoms with Crippen LogP contribution < -0.4 is 11.1 Å². The topological polar surface area (TPSA) is 110 Å². The van der Waals surface area contributed by atoms with Crippen molar-refractivity contribution in [2.45, 2.75) is 57.4 Å². The van der Waals surface area contributed by atoms with Gasteiger partial charge in [0, 0.05) is 20.4 Å². The lowest BCUT2D eigenvalue weighted by atomic mass is 9.98. The molecular formula is C27H35N3O4S. The lowest BCUT2D eigenvalue weighted by Gasteiger charge is -2.33. The van der Waals surface area contributed by atoms with Gasteiger partial charge in [0.05, 0.1) is 11.3 Å². The van der Waals surface area contributed by atoms with Crippen molar-refractivity contribution in [2.75, 3.05) is 7.05 Å².